The first kappa shape index (κ1) is 19.2. The van der Waals surface area contributed by atoms with Gasteiger partial charge >= 0.3 is 6.61 Å². The molecule has 0 atom stereocenters. The van der Waals surface area contributed by atoms with E-state index < -0.39 is 16.6 Å². The van der Waals surface area contributed by atoms with Crippen LogP contribution >= 0.6 is 0 Å². The Hall–Kier alpha value is -0.106. The van der Waals surface area contributed by atoms with Gasteiger partial charge in [-0.05, 0) is 24.3 Å². The Morgan fingerprint density at radius 3 is 2.06 bits per heavy atom. The number of rotatable bonds is 4. The predicted molar refractivity (Wildman–Crippen MR) is 56.0 cm³/mol. The average Bonchev–Trinajstić information content (AvgIpc) is 2.18. The summed E-state index contributed by atoms with van der Waals surface area (Å²) in [5.74, 6) is -0.0972. The normalized spacial score (nSPS) is 10.4. The maximum absolute atomic E-state index is 11.8. The van der Waals surface area contributed by atoms with Gasteiger partial charge in [0, 0.05) is 37.6 Å². The molecule has 0 aliphatic heterocycles. The van der Waals surface area contributed by atoms with Crippen molar-refractivity contribution in [1.29, 1.82) is 0 Å². The number of nitrogens with zero attached hydrogens (tertiary/aromatic N) is 1. The number of sulfonamides is 1. The third-order valence-electron chi connectivity index (χ3n) is 1.59. The molecule has 8 heteroatoms. The maximum atomic E-state index is 11.8. The van der Waals surface area contributed by atoms with Crippen LogP contribution in [0.25, 0.3) is 4.72 Å². The van der Waals surface area contributed by atoms with Gasteiger partial charge in [-0.2, -0.15) is 15.8 Å². The zero-order chi connectivity index (χ0) is 11.5. The molecular formula is C9H11F2NO3SY-2. The zero-order valence-electron chi connectivity index (χ0n) is 9.30. The minimum absolute atomic E-state index is 0. The number of alkyl halides is 2. The molecule has 0 spiro atoms. The molecule has 0 saturated carbocycles. The standard InChI is InChI=1S/C8H8F2NO3S.CH3.Y/c1-11-15(12,13)7-4-2-6(3-5-7)14-8(9)10;;/h2-5,8H,1H3;1H3;/q2*-1;. The van der Waals surface area contributed by atoms with Gasteiger partial charge in [-0.25, -0.2) is 8.42 Å². The van der Waals surface area contributed by atoms with E-state index in [9.17, 15) is 17.2 Å². The van der Waals surface area contributed by atoms with Crippen molar-refractivity contribution in [2.75, 3.05) is 7.05 Å². The van der Waals surface area contributed by atoms with Crippen LogP contribution in [0.5, 0.6) is 5.75 Å². The molecule has 95 valence electrons. The second-order valence-corrected chi connectivity index (χ2v) is 4.29. The topological polar surface area (TPSA) is 57.5 Å². The first-order chi connectivity index (χ1) is 6.95. The maximum Gasteiger partial charge on any atom is 0.387 e. The van der Waals surface area contributed by atoms with E-state index in [-0.39, 0.29) is 50.8 Å². The Labute approximate surface area is 125 Å². The van der Waals surface area contributed by atoms with Crippen LogP contribution in [0.15, 0.2) is 29.2 Å². The molecule has 1 aromatic rings. The summed E-state index contributed by atoms with van der Waals surface area (Å²) in [7, 11) is -2.52. The molecule has 0 heterocycles. The zero-order valence-corrected chi connectivity index (χ0v) is 13.0. The van der Waals surface area contributed by atoms with Gasteiger partial charge < -0.3 is 16.9 Å². The van der Waals surface area contributed by atoms with E-state index in [1.165, 1.54) is 0 Å². The Bertz CT molecular complexity index is 422. The Morgan fingerprint density at radius 1 is 1.24 bits per heavy atom. The summed E-state index contributed by atoms with van der Waals surface area (Å²) in [5, 5.41) is 0. The van der Waals surface area contributed by atoms with Crippen LogP contribution in [0.4, 0.5) is 8.78 Å². The van der Waals surface area contributed by atoms with Crippen LogP contribution in [0.1, 0.15) is 0 Å². The van der Waals surface area contributed by atoms with Crippen molar-refractivity contribution < 1.29 is 54.6 Å². The fourth-order valence-corrected chi connectivity index (χ4v) is 1.59. The molecule has 17 heavy (non-hydrogen) atoms. The minimum Gasteiger partial charge on any atom is -0.547 e. The molecule has 0 unspecified atom stereocenters. The third kappa shape index (κ3) is 5.85. The number of halogens is 2. The second-order valence-electron chi connectivity index (χ2n) is 2.51. The van der Waals surface area contributed by atoms with E-state index in [1.807, 2.05) is 0 Å². The molecule has 0 amide bonds. The Kier molecular flexibility index (Phi) is 9.14. The van der Waals surface area contributed by atoms with Crippen LogP contribution in [0.3, 0.4) is 0 Å². The van der Waals surface area contributed by atoms with E-state index in [1.54, 1.807) is 0 Å². The quantitative estimate of drug-likeness (QED) is 0.791. The summed E-state index contributed by atoms with van der Waals surface area (Å²) in [5.41, 5.74) is 0. The van der Waals surface area contributed by atoms with Gasteiger partial charge in [-0.15, -0.1) is 0 Å². The molecule has 1 aromatic carbocycles. The first-order valence-electron chi connectivity index (χ1n) is 3.86. The van der Waals surface area contributed by atoms with E-state index in [0.29, 0.717) is 0 Å². The van der Waals surface area contributed by atoms with Crippen LogP contribution in [0, 0.1) is 7.43 Å². The summed E-state index contributed by atoms with van der Waals surface area (Å²) in [6.45, 7) is -2.93. The molecule has 0 bridgehead atoms. The van der Waals surface area contributed by atoms with Gasteiger partial charge in [0.05, 0.1) is 0 Å². The number of ether oxygens (including phenoxy) is 1. The fraction of sp³-hybridized carbons (Fsp3) is 0.222. The Balaban J connectivity index is 0. The minimum atomic E-state index is -3.66. The van der Waals surface area contributed by atoms with Crippen LogP contribution in [-0.2, 0) is 42.7 Å². The smallest absolute Gasteiger partial charge is 0.387 e. The monoisotopic (exact) mass is 340 g/mol. The van der Waals surface area contributed by atoms with Crippen LogP contribution < -0.4 is 4.74 Å². The molecule has 1 radical (unpaired) electrons. The molecule has 4 nitrogen and oxygen atoms in total. The second kappa shape index (κ2) is 8.08. The molecule has 0 N–H and O–H groups in total. The molecule has 0 fully saturated rings. The van der Waals surface area contributed by atoms with E-state index in [0.717, 1.165) is 31.3 Å². The summed E-state index contributed by atoms with van der Waals surface area (Å²) >= 11 is 0. The molecule has 1 rings (SSSR count). The van der Waals surface area contributed by atoms with E-state index in [4.69, 9.17) is 0 Å². The van der Waals surface area contributed by atoms with Crippen LogP contribution in [0.2, 0.25) is 0 Å². The SMILES string of the molecule is C[N-]S(=O)(=O)c1ccc(OC(F)F)cc1.[CH3-].[Y]. The van der Waals surface area contributed by atoms with Gasteiger partial charge in [-0.3, -0.25) is 0 Å². The largest absolute Gasteiger partial charge is 0.547 e. The third-order valence-corrected chi connectivity index (χ3v) is 2.94. The van der Waals surface area contributed by atoms with Crippen molar-refractivity contribution in [2.45, 2.75) is 11.5 Å². The van der Waals surface area contributed by atoms with Crippen molar-refractivity contribution in [3.8, 4) is 5.75 Å². The van der Waals surface area contributed by atoms with Gasteiger partial charge in [0.15, 0.2) is 0 Å². The number of benzene rings is 1. The van der Waals surface area contributed by atoms with Gasteiger partial charge in [0.2, 0.25) is 0 Å². The molecule has 0 aliphatic carbocycles. The van der Waals surface area contributed by atoms with Crippen molar-refractivity contribution in [3.63, 3.8) is 0 Å². The number of hydrogen-bond acceptors (Lipinski definition) is 3. The van der Waals surface area contributed by atoms with Gasteiger partial charge in [0.1, 0.15) is 15.8 Å². The van der Waals surface area contributed by atoms with Crippen molar-refractivity contribution >= 4 is 10.0 Å². The van der Waals surface area contributed by atoms with Crippen molar-refractivity contribution in [2.24, 2.45) is 0 Å². The average molecular weight is 340 g/mol. The van der Waals surface area contributed by atoms with Crippen molar-refractivity contribution in [3.05, 3.63) is 36.4 Å². The molecule has 0 aliphatic rings. The summed E-state index contributed by atoms with van der Waals surface area (Å²) in [6.07, 6.45) is 0. The predicted octanol–water partition coefficient (Wildman–Crippen LogP) is 2.43. The van der Waals surface area contributed by atoms with E-state index >= 15 is 0 Å². The Morgan fingerprint density at radius 2 is 1.71 bits per heavy atom. The molecule has 0 aromatic heterocycles. The molecular weight excluding hydrogens is 329 g/mol. The summed E-state index contributed by atoms with van der Waals surface area (Å²) in [6, 6.07) is 4.59. The first-order valence-corrected chi connectivity index (χ1v) is 5.30. The van der Waals surface area contributed by atoms with Gasteiger partial charge in [0.25, 0.3) is 0 Å². The number of hydrogen-bond donors (Lipinski definition) is 0. The summed E-state index contributed by atoms with van der Waals surface area (Å²) < 4.78 is 53.1. The molecule has 0 saturated heterocycles. The fourth-order valence-electron chi connectivity index (χ4n) is 0.898. The van der Waals surface area contributed by atoms with Gasteiger partial charge in [-0.1, -0.05) is 0 Å². The van der Waals surface area contributed by atoms with Crippen LogP contribution in [-0.4, -0.2) is 22.1 Å². The van der Waals surface area contributed by atoms with E-state index in [2.05, 4.69) is 9.46 Å². The van der Waals surface area contributed by atoms with Crippen molar-refractivity contribution in [1.82, 2.24) is 0 Å². The summed E-state index contributed by atoms with van der Waals surface area (Å²) in [4.78, 5) is -0.0633.